The van der Waals surface area contributed by atoms with Gasteiger partial charge in [0.15, 0.2) is 5.03 Å². The Kier molecular flexibility index (Phi) is 5.44. The van der Waals surface area contributed by atoms with Crippen molar-refractivity contribution in [3.05, 3.63) is 38.0 Å². The van der Waals surface area contributed by atoms with E-state index >= 15 is 0 Å². The number of nitrogens with zero attached hydrogens (tertiary/aromatic N) is 5. The molecule has 2 rings (SSSR count). The Bertz CT molecular complexity index is 575. The molecule has 1 aliphatic rings. The van der Waals surface area contributed by atoms with Gasteiger partial charge in [-0.2, -0.15) is 9.78 Å². The SMILES string of the molecule is O=[N+]([O-])/C(C(Cl)=C(Cl)Cl)=C(/N1CCCCC1)n1cncn1. The second-order valence-corrected chi connectivity index (χ2v) is 5.72. The number of piperidine rings is 1. The molecule has 1 aromatic heterocycles. The van der Waals surface area contributed by atoms with E-state index in [0.717, 1.165) is 19.3 Å². The molecule has 0 spiro atoms. The van der Waals surface area contributed by atoms with Crippen molar-refractivity contribution in [1.82, 2.24) is 19.7 Å². The van der Waals surface area contributed by atoms with Gasteiger partial charge in [0, 0.05) is 13.1 Å². The van der Waals surface area contributed by atoms with Gasteiger partial charge in [-0.15, -0.1) is 0 Å². The molecule has 21 heavy (non-hydrogen) atoms. The predicted octanol–water partition coefficient (Wildman–Crippen LogP) is 3.05. The van der Waals surface area contributed by atoms with E-state index in [1.807, 2.05) is 4.90 Å². The van der Waals surface area contributed by atoms with Crippen LogP contribution in [0.15, 0.2) is 27.9 Å². The Morgan fingerprint density at radius 1 is 1.19 bits per heavy atom. The molecule has 0 aromatic carbocycles. The second kappa shape index (κ2) is 7.11. The molecule has 1 aliphatic heterocycles. The first-order valence-electron chi connectivity index (χ1n) is 6.22. The molecule has 0 atom stereocenters. The molecule has 7 nitrogen and oxygen atoms in total. The summed E-state index contributed by atoms with van der Waals surface area (Å²) >= 11 is 17.2. The summed E-state index contributed by atoms with van der Waals surface area (Å²) in [7, 11) is 0. The molecule has 0 saturated carbocycles. The molecular formula is C11H12Cl3N5O2. The maximum absolute atomic E-state index is 11.4. The lowest BCUT2D eigenvalue weighted by Gasteiger charge is -2.29. The van der Waals surface area contributed by atoms with Crippen LogP contribution in [0.1, 0.15) is 19.3 Å². The molecule has 1 saturated heterocycles. The lowest BCUT2D eigenvalue weighted by atomic mass is 10.1. The molecule has 1 fully saturated rings. The molecule has 114 valence electrons. The fourth-order valence-electron chi connectivity index (χ4n) is 2.18. The summed E-state index contributed by atoms with van der Waals surface area (Å²) in [4.78, 5) is 16.5. The predicted molar refractivity (Wildman–Crippen MR) is 80.2 cm³/mol. The largest absolute Gasteiger partial charge is 0.351 e. The van der Waals surface area contributed by atoms with Crippen LogP contribution in [0.5, 0.6) is 0 Å². The second-order valence-electron chi connectivity index (χ2n) is 4.39. The Balaban J connectivity index is 2.62. The van der Waals surface area contributed by atoms with E-state index < -0.39 is 4.92 Å². The number of rotatable bonds is 4. The van der Waals surface area contributed by atoms with Crippen LogP contribution in [0.2, 0.25) is 0 Å². The Hall–Kier alpha value is -1.31. The number of hydrogen-bond acceptors (Lipinski definition) is 5. The number of halogens is 3. The summed E-state index contributed by atoms with van der Waals surface area (Å²) in [6.07, 6.45) is 5.61. The highest BCUT2D eigenvalue weighted by Gasteiger charge is 2.31. The van der Waals surface area contributed by atoms with Crippen molar-refractivity contribution in [3.8, 4) is 0 Å². The number of allylic oxidation sites excluding steroid dienone is 1. The molecule has 2 heterocycles. The lowest BCUT2D eigenvalue weighted by molar-refractivity contribution is -0.419. The summed E-state index contributed by atoms with van der Waals surface area (Å²) in [5.74, 6) is 0.223. The maximum Gasteiger partial charge on any atom is 0.332 e. The fraction of sp³-hybridized carbons (Fsp3) is 0.455. The van der Waals surface area contributed by atoms with Crippen molar-refractivity contribution in [2.45, 2.75) is 19.3 Å². The van der Waals surface area contributed by atoms with Crippen molar-refractivity contribution in [2.75, 3.05) is 13.1 Å². The van der Waals surface area contributed by atoms with Gasteiger partial charge in [-0.1, -0.05) is 34.8 Å². The Morgan fingerprint density at radius 3 is 2.33 bits per heavy atom. The summed E-state index contributed by atoms with van der Waals surface area (Å²) in [6.45, 7) is 1.33. The quantitative estimate of drug-likeness (QED) is 0.473. The zero-order valence-corrected chi connectivity index (χ0v) is 13.1. The smallest absolute Gasteiger partial charge is 0.332 e. The third-order valence-electron chi connectivity index (χ3n) is 3.06. The standard InChI is InChI=1S/C11H12Cl3N5O2/c12-8(10(13)14)9(19(20)21)11(18-7-15-6-16-18)17-4-2-1-3-5-17/h6-7H,1-5H2/b11-9-. The zero-order valence-electron chi connectivity index (χ0n) is 10.9. The first kappa shape index (κ1) is 16.1. The van der Waals surface area contributed by atoms with Crippen LogP contribution in [0.25, 0.3) is 5.82 Å². The van der Waals surface area contributed by atoms with Crippen LogP contribution in [-0.4, -0.2) is 37.7 Å². The Morgan fingerprint density at radius 2 is 1.86 bits per heavy atom. The van der Waals surface area contributed by atoms with Gasteiger partial charge in [-0.25, -0.2) is 4.98 Å². The van der Waals surface area contributed by atoms with Gasteiger partial charge < -0.3 is 4.90 Å². The third kappa shape index (κ3) is 3.66. The van der Waals surface area contributed by atoms with Crippen LogP contribution in [0.3, 0.4) is 0 Å². The van der Waals surface area contributed by atoms with Gasteiger partial charge in [-0.05, 0) is 19.3 Å². The van der Waals surface area contributed by atoms with Crippen molar-refractivity contribution >= 4 is 40.6 Å². The van der Waals surface area contributed by atoms with Crippen LogP contribution >= 0.6 is 34.8 Å². The van der Waals surface area contributed by atoms with E-state index in [-0.39, 0.29) is 21.0 Å². The van der Waals surface area contributed by atoms with E-state index in [1.165, 1.54) is 17.3 Å². The molecule has 0 unspecified atom stereocenters. The first-order chi connectivity index (χ1) is 10.0. The highest BCUT2D eigenvalue weighted by Crippen LogP contribution is 2.31. The summed E-state index contributed by atoms with van der Waals surface area (Å²) < 4.78 is 0.945. The van der Waals surface area contributed by atoms with E-state index in [0.29, 0.717) is 13.1 Å². The monoisotopic (exact) mass is 351 g/mol. The van der Waals surface area contributed by atoms with Gasteiger partial charge in [-0.3, -0.25) is 10.1 Å². The highest BCUT2D eigenvalue weighted by molar-refractivity contribution is 6.59. The van der Waals surface area contributed by atoms with Gasteiger partial charge in [0.05, 0.1) is 4.92 Å². The number of likely N-dealkylation sites (tertiary alicyclic amines) is 1. The maximum atomic E-state index is 11.4. The number of aromatic nitrogens is 3. The van der Waals surface area contributed by atoms with Crippen molar-refractivity contribution < 1.29 is 4.92 Å². The average Bonchev–Trinajstić information content (AvgIpc) is 2.98. The van der Waals surface area contributed by atoms with Crippen LogP contribution in [0, 0.1) is 10.1 Å². The number of nitro groups is 1. The van der Waals surface area contributed by atoms with Gasteiger partial charge in [0.1, 0.15) is 17.1 Å². The Labute approximate surface area is 135 Å². The summed E-state index contributed by atoms with van der Waals surface area (Å²) in [5.41, 5.74) is -0.385. The minimum Gasteiger partial charge on any atom is -0.351 e. The van der Waals surface area contributed by atoms with E-state index in [2.05, 4.69) is 10.1 Å². The molecule has 0 radical (unpaired) electrons. The molecule has 0 aliphatic carbocycles. The summed E-state index contributed by atoms with van der Waals surface area (Å²) in [5, 5.41) is 15.1. The van der Waals surface area contributed by atoms with Gasteiger partial charge in [0.25, 0.3) is 0 Å². The fourth-order valence-corrected chi connectivity index (χ4v) is 2.51. The topological polar surface area (TPSA) is 77.1 Å². The van der Waals surface area contributed by atoms with Gasteiger partial charge in [0.2, 0.25) is 5.82 Å². The van der Waals surface area contributed by atoms with Crippen molar-refractivity contribution in [2.24, 2.45) is 0 Å². The minimum absolute atomic E-state index is 0.223. The molecular weight excluding hydrogens is 341 g/mol. The molecule has 1 aromatic rings. The van der Waals surface area contributed by atoms with E-state index in [9.17, 15) is 10.1 Å². The first-order valence-corrected chi connectivity index (χ1v) is 7.35. The van der Waals surface area contributed by atoms with Crippen molar-refractivity contribution in [1.29, 1.82) is 0 Å². The molecule has 0 bridgehead atoms. The molecule has 10 heteroatoms. The highest BCUT2D eigenvalue weighted by atomic mass is 35.5. The third-order valence-corrected chi connectivity index (χ3v) is 4.00. The van der Waals surface area contributed by atoms with Crippen LogP contribution in [-0.2, 0) is 0 Å². The zero-order chi connectivity index (χ0) is 15.4. The number of hydrogen-bond donors (Lipinski definition) is 0. The average molecular weight is 353 g/mol. The van der Waals surface area contributed by atoms with Crippen molar-refractivity contribution in [3.63, 3.8) is 0 Å². The van der Waals surface area contributed by atoms with Gasteiger partial charge >= 0.3 is 5.70 Å². The van der Waals surface area contributed by atoms with E-state index in [1.54, 1.807) is 0 Å². The van der Waals surface area contributed by atoms with E-state index in [4.69, 9.17) is 34.8 Å². The molecule has 0 amide bonds. The minimum atomic E-state index is -0.612. The lowest BCUT2D eigenvalue weighted by Crippen LogP contribution is -2.33. The molecule has 0 N–H and O–H groups in total. The normalized spacial score (nSPS) is 16.4. The summed E-state index contributed by atoms with van der Waals surface area (Å²) in [6, 6.07) is 0. The van der Waals surface area contributed by atoms with Crippen LogP contribution < -0.4 is 0 Å². The van der Waals surface area contributed by atoms with Crippen LogP contribution in [0.4, 0.5) is 0 Å².